The molecule has 2 fully saturated rings. The molecule has 1 aromatic heterocycles. The SMILES string of the molecule is CN(C)C1(CNC(=O)[C@H]2CNC[C@@H]2c2cnn(C)c2)CCCCC1.Cl. The van der Waals surface area contributed by atoms with Crippen LogP contribution in [0.5, 0.6) is 0 Å². The van der Waals surface area contributed by atoms with Crippen LogP contribution in [0, 0.1) is 5.92 Å². The molecule has 25 heavy (non-hydrogen) atoms. The van der Waals surface area contributed by atoms with E-state index in [-0.39, 0.29) is 35.7 Å². The van der Waals surface area contributed by atoms with Crippen LogP contribution in [0.25, 0.3) is 0 Å². The van der Waals surface area contributed by atoms with Gasteiger partial charge in [0.2, 0.25) is 5.91 Å². The van der Waals surface area contributed by atoms with Crippen molar-refractivity contribution in [3.8, 4) is 0 Å². The minimum absolute atomic E-state index is 0. The van der Waals surface area contributed by atoms with Crippen LogP contribution in [0.4, 0.5) is 0 Å². The Morgan fingerprint density at radius 2 is 2.08 bits per heavy atom. The number of halogens is 1. The summed E-state index contributed by atoms with van der Waals surface area (Å²) in [5.74, 6) is 0.401. The highest BCUT2D eigenvalue weighted by Crippen LogP contribution is 2.32. The van der Waals surface area contributed by atoms with Crippen molar-refractivity contribution in [2.45, 2.75) is 43.6 Å². The summed E-state index contributed by atoms with van der Waals surface area (Å²) in [6.45, 7) is 2.36. The first-order valence-corrected chi connectivity index (χ1v) is 9.16. The predicted molar refractivity (Wildman–Crippen MR) is 102 cm³/mol. The highest BCUT2D eigenvalue weighted by atomic mass is 35.5. The van der Waals surface area contributed by atoms with Crippen molar-refractivity contribution < 1.29 is 4.79 Å². The lowest BCUT2D eigenvalue weighted by molar-refractivity contribution is -0.125. The van der Waals surface area contributed by atoms with Gasteiger partial charge in [-0.2, -0.15) is 5.10 Å². The van der Waals surface area contributed by atoms with E-state index in [0.29, 0.717) is 0 Å². The Morgan fingerprint density at radius 1 is 1.36 bits per heavy atom. The quantitative estimate of drug-likeness (QED) is 0.826. The molecule has 2 N–H and O–H groups in total. The highest BCUT2D eigenvalue weighted by molar-refractivity contribution is 5.85. The van der Waals surface area contributed by atoms with E-state index in [9.17, 15) is 4.79 Å². The van der Waals surface area contributed by atoms with E-state index in [2.05, 4.69) is 34.7 Å². The van der Waals surface area contributed by atoms with Crippen LogP contribution in [0.15, 0.2) is 12.4 Å². The van der Waals surface area contributed by atoms with E-state index < -0.39 is 0 Å². The molecule has 7 heteroatoms. The number of nitrogens with zero attached hydrogens (tertiary/aromatic N) is 3. The van der Waals surface area contributed by atoms with Gasteiger partial charge in [0.15, 0.2) is 0 Å². The van der Waals surface area contributed by atoms with Gasteiger partial charge in [-0.25, -0.2) is 0 Å². The summed E-state index contributed by atoms with van der Waals surface area (Å²) in [7, 11) is 6.21. The normalized spacial score (nSPS) is 25.6. The van der Waals surface area contributed by atoms with Gasteiger partial charge in [0.1, 0.15) is 0 Å². The monoisotopic (exact) mass is 369 g/mol. The van der Waals surface area contributed by atoms with E-state index in [1.54, 1.807) is 0 Å². The van der Waals surface area contributed by atoms with Crippen molar-refractivity contribution in [1.82, 2.24) is 25.3 Å². The number of carbonyl (C=O) groups is 1. The van der Waals surface area contributed by atoms with Crippen molar-refractivity contribution in [3.05, 3.63) is 18.0 Å². The molecule has 1 aromatic rings. The van der Waals surface area contributed by atoms with Crippen molar-refractivity contribution in [2.75, 3.05) is 33.7 Å². The fraction of sp³-hybridized carbons (Fsp3) is 0.778. The number of carbonyl (C=O) groups excluding carboxylic acids is 1. The highest BCUT2D eigenvalue weighted by Gasteiger charge is 2.38. The largest absolute Gasteiger partial charge is 0.354 e. The fourth-order valence-electron chi connectivity index (χ4n) is 4.31. The Bertz CT molecular complexity index is 568. The summed E-state index contributed by atoms with van der Waals surface area (Å²) in [6, 6.07) is 0. The van der Waals surface area contributed by atoms with Crippen LogP contribution in [0.3, 0.4) is 0 Å². The van der Waals surface area contributed by atoms with Crippen LogP contribution in [-0.4, -0.2) is 59.9 Å². The lowest BCUT2D eigenvalue weighted by Crippen LogP contribution is -2.54. The Labute approximate surface area is 157 Å². The van der Waals surface area contributed by atoms with Gasteiger partial charge < -0.3 is 15.5 Å². The molecule has 1 amide bonds. The molecule has 2 heterocycles. The number of likely N-dealkylation sites (N-methyl/N-ethyl adjacent to an activating group) is 1. The van der Waals surface area contributed by atoms with E-state index >= 15 is 0 Å². The maximum Gasteiger partial charge on any atom is 0.225 e. The van der Waals surface area contributed by atoms with Gasteiger partial charge in [-0.05, 0) is 32.5 Å². The third kappa shape index (κ3) is 4.36. The number of rotatable bonds is 5. The zero-order valence-corrected chi connectivity index (χ0v) is 16.4. The second-order valence-electron chi connectivity index (χ2n) is 7.72. The van der Waals surface area contributed by atoms with Crippen molar-refractivity contribution in [1.29, 1.82) is 0 Å². The molecule has 6 nitrogen and oxygen atoms in total. The van der Waals surface area contributed by atoms with Crippen LogP contribution in [0.1, 0.15) is 43.6 Å². The molecule has 0 unspecified atom stereocenters. The zero-order valence-electron chi connectivity index (χ0n) is 15.6. The summed E-state index contributed by atoms with van der Waals surface area (Å²) in [4.78, 5) is 15.2. The summed E-state index contributed by atoms with van der Waals surface area (Å²) >= 11 is 0. The number of amides is 1. The fourth-order valence-corrected chi connectivity index (χ4v) is 4.31. The van der Waals surface area contributed by atoms with E-state index in [4.69, 9.17) is 0 Å². The van der Waals surface area contributed by atoms with Crippen molar-refractivity contribution in [3.63, 3.8) is 0 Å². The smallest absolute Gasteiger partial charge is 0.225 e. The molecule has 2 atom stereocenters. The Hall–Kier alpha value is -1.11. The summed E-state index contributed by atoms with van der Waals surface area (Å²) in [6.07, 6.45) is 10.1. The van der Waals surface area contributed by atoms with Gasteiger partial charge in [-0.3, -0.25) is 9.48 Å². The number of aryl methyl sites for hydroxylation is 1. The van der Waals surface area contributed by atoms with E-state index in [1.165, 1.54) is 32.1 Å². The van der Waals surface area contributed by atoms with Gasteiger partial charge in [-0.1, -0.05) is 19.3 Å². The van der Waals surface area contributed by atoms with Crippen molar-refractivity contribution >= 4 is 18.3 Å². The second-order valence-corrected chi connectivity index (χ2v) is 7.72. The van der Waals surface area contributed by atoms with Gasteiger partial charge in [0.05, 0.1) is 12.1 Å². The lowest BCUT2D eigenvalue weighted by atomic mass is 9.80. The molecule has 0 radical (unpaired) electrons. The molecule has 3 rings (SSSR count). The molecule has 0 aromatic carbocycles. The third-order valence-electron chi connectivity index (χ3n) is 6.03. The topological polar surface area (TPSA) is 62.2 Å². The molecular weight excluding hydrogens is 338 g/mol. The van der Waals surface area contributed by atoms with Gasteiger partial charge in [0.25, 0.3) is 0 Å². The molecule has 142 valence electrons. The first-order valence-electron chi connectivity index (χ1n) is 9.16. The van der Waals surface area contributed by atoms with Crippen molar-refractivity contribution in [2.24, 2.45) is 13.0 Å². The van der Waals surface area contributed by atoms with Gasteiger partial charge in [-0.15, -0.1) is 12.4 Å². The van der Waals surface area contributed by atoms with Crippen LogP contribution >= 0.6 is 12.4 Å². The number of aromatic nitrogens is 2. The first-order chi connectivity index (χ1) is 11.5. The standard InChI is InChI=1S/C18H31N5O.ClH/c1-22(2)18(7-5-4-6-8-18)13-20-17(24)16-11-19-10-15(16)14-9-21-23(3)12-14;/h9,12,15-16,19H,4-8,10-11,13H2,1-3H3,(H,20,24);1H/t15-,16+;/m1./s1. The summed E-state index contributed by atoms with van der Waals surface area (Å²) in [5.41, 5.74) is 1.28. The molecule has 0 bridgehead atoms. The minimum Gasteiger partial charge on any atom is -0.354 e. The van der Waals surface area contributed by atoms with Crippen LogP contribution in [-0.2, 0) is 11.8 Å². The number of hydrogen-bond acceptors (Lipinski definition) is 4. The minimum atomic E-state index is -0.00278. The molecular formula is C18H32ClN5O. The average Bonchev–Trinajstić information content (AvgIpc) is 3.22. The molecule has 1 aliphatic carbocycles. The third-order valence-corrected chi connectivity index (χ3v) is 6.03. The van der Waals surface area contributed by atoms with E-state index in [1.807, 2.05) is 24.1 Å². The molecule has 2 aliphatic rings. The molecule has 1 saturated carbocycles. The Balaban J connectivity index is 0.00000225. The predicted octanol–water partition coefficient (Wildman–Crippen LogP) is 1.53. The van der Waals surface area contributed by atoms with Crippen LogP contribution < -0.4 is 10.6 Å². The summed E-state index contributed by atoms with van der Waals surface area (Å²) in [5, 5.41) is 10.9. The molecule has 1 saturated heterocycles. The van der Waals surface area contributed by atoms with Gasteiger partial charge >= 0.3 is 0 Å². The maximum atomic E-state index is 12.8. The van der Waals surface area contributed by atoms with Gasteiger partial charge in [0, 0.05) is 44.3 Å². The zero-order chi connectivity index (χ0) is 17.2. The molecule has 1 aliphatic heterocycles. The number of hydrogen-bond donors (Lipinski definition) is 2. The average molecular weight is 370 g/mol. The lowest BCUT2D eigenvalue weighted by Gasteiger charge is -2.43. The van der Waals surface area contributed by atoms with Crippen LogP contribution in [0.2, 0.25) is 0 Å². The first kappa shape index (κ1) is 20.2. The maximum absolute atomic E-state index is 12.8. The molecule has 0 spiro atoms. The Kier molecular flexibility index (Phi) is 6.88. The summed E-state index contributed by atoms with van der Waals surface area (Å²) < 4.78 is 1.81. The van der Waals surface area contributed by atoms with E-state index in [0.717, 1.165) is 25.2 Å². The Morgan fingerprint density at radius 3 is 2.68 bits per heavy atom. The second kappa shape index (κ2) is 8.52. The number of nitrogens with one attached hydrogen (secondary N) is 2.